The number of aromatic amines is 1. The van der Waals surface area contributed by atoms with Gasteiger partial charge < -0.3 is 10.7 Å². The Hall–Kier alpha value is -2.18. The highest BCUT2D eigenvalue weighted by atomic mass is 15.3. The standard InChI is InChI=1S/C10H15N7/c1-2-3-6-17-9(11)8(7-14-17)15-16-10-12-4-5-13-10/h4-5,7H,2-3,6,11H2,1H3,(H,12,13)/b16-15+. The Morgan fingerprint density at radius 3 is 3.06 bits per heavy atom. The summed E-state index contributed by atoms with van der Waals surface area (Å²) >= 11 is 0. The monoisotopic (exact) mass is 233 g/mol. The van der Waals surface area contributed by atoms with Crippen LogP contribution in [-0.2, 0) is 6.54 Å². The van der Waals surface area contributed by atoms with Crippen LogP contribution in [0.5, 0.6) is 0 Å². The quantitative estimate of drug-likeness (QED) is 0.776. The highest BCUT2D eigenvalue weighted by Gasteiger charge is 2.05. The fraction of sp³-hybridized carbons (Fsp3) is 0.400. The second-order valence-corrected chi connectivity index (χ2v) is 3.60. The van der Waals surface area contributed by atoms with Crippen molar-refractivity contribution < 1.29 is 0 Å². The Balaban J connectivity index is 2.09. The van der Waals surface area contributed by atoms with Crippen molar-refractivity contribution in [1.82, 2.24) is 19.7 Å². The molecule has 0 saturated carbocycles. The molecule has 2 heterocycles. The van der Waals surface area contributed by atoms with Crippen molar-refractivity contribution in [1.29, 1.82) is 0 Å². The van der Waals surface area contributed by atoms with Crippen LogP contribution in [0.3, 0.4) is 0 Å². The molecule has 2 aromatic heterocycles. The number of hydrogen-bond donors (Lipinski definition) is 2. The summed E-state index contributed by atoms with van der Waals surface area (Å²) in [6, 6.07) is 0. The van der Waals surface area contributed by atoms with E-state index in [1.54, 1.807) is 23.3 Å². The Kier molecular flexibility index (Phi) is 3.49. The van der Waals surface area contributed by atoms with Crippen LogP contribution in [-0.4, -0.2) is 19.7 Å². The molecule has 0 amide bonds. The average Bonchev–Trinajstić information content (AvgIpc) is 2.95. The average molecular weight is 233 g/mol. The van der Waals surface area contributed by atoms with Crippen LogP contribution in [0.4, 0.5) is 17.5 Å². The van der Waals surface area contributed by atoms with E-state index in [2.05, 4.69) is 32.2 Å². The SMILES string of the molecule is CCCCn1ncc(/N=N/c2ncc[nH]2)c1N. The van der Waals surface area contributed by atoms with E-state index in [1.807, 2.05) is 0 Å². The number of nitrogens with zero attached hydrogens (tertiary/aromatic N) is 5. The summed E-state index contributed by atoms with van der Waals surface area (Å²) in [5, 5.41) is 12.1. The van der Waals surface area contributed by atoms with Crippen LogP contribution < -0.4 is 5.73 Å². The van der Waals surface area contributed by atoms with Crippen LogP contribution >= 0.6 is 0 Å². The maximum absolute atomic E-state index is 5.90. The molecule has 0 saturated heterocycles. The van der Waals surface area contributed by atoms with E-state index in [0.717, 1.165) is 19.4 Å². The number of aryl methyl sites for hydroxylation is 1. The smallest absolute Gasteiger partial charge is 0.246 e. The minimum Gasteiger partial charge on any atom is -0.382 e. The minimum atomic E-state index is 0.450. The first-order chi connectivity index (χ1) is 8.31. The number of nitrogens with two attached hydrogens (primary N) is 1. The van der Waals surface area contributed by atoms with Gasteiger partial charge in [0.15, 0.2) is 0 Å². The van der Waals surface area contributed by atoms with Gasteiger partial charge in [0.1, 0.15) is 11.5 Å². The molecule has 0 aliphatic heterocycles. The van der Waals surface area contributed by atoms with Crippen molar-refractivity contribution in [2.45, 2.75) is 26.3 Å². The van der Waals surface area contributed by atoms with Crippen molar-refractivity contribution >= 4 is 17.5 Å². The zero-order valence-corrected chi connectivity index (χ0v) is 9.67. The van der Waals surface area contributed by atoms with Crippen LogP contribution in [0.1, 0.15) is 19.8 Å². The third kappa shape index (κ3) is 2.68. The number of azo groups is 1. The molecule has 3 N–H and O–H groups in total. The molecule has 7 nitrogen and oxygen atoms in total. The lowest BCUT2D eigenvalue weighted by Gasteiger charge is -2.01. The molecular formula is C10H15N7. The van der Waals surface area contributed by atoms with Crippen molar-refractivity contribution in [3.63, 3.8) is 0 Å². The maximum Gasteiger partial charge on any atom is 0.246 e. The zero-order valence-electron chi connectivity index (χ0n) is 9.67. The molecule has 0 aromatic carbocycles. The van der Waals surface area contributed by atoms with Gasteiger partial charge in [-0.25, -0.2) is 9.67 Å². The molecular weight excluding hydrogens is 218 g/mol. The second-order valence-electron chi connectivity index (χ2n) is 3.60. The van der Waals surface area contributed by atoms with Crippen LogP contribution in [0, 0.1) is 0 Å². The number of nitrogen functional groups attached to an aromatic ring is 1. The fourth-order valence-electron chi connectivity index (χ4n) is 1.36. The third-order valence-electron chi connectivity index (χ3n) is 2.32. The Morgan fingerprint density at radius 1 is 1.47 bits per heavy atom. The van der Waals surface area contributed by atoms with Gasteiger partial charge in [-0.2, -0.15) is 5.10 Å². The summed E-state index contributed by atoms with van der Waals surface area (Å²) in [5.74, 6) is 0.986. The molecule has 0 atom stereocenters. The summed E-state index contributed by atoms with van der Waals surface area (Å²) in [4.78, 5) is 6.76. The molecule has 2 aromatic rings. The van der Waals surface area contributed by atoms with Gasteiger partial charge in [-0.3, -0.25) is 0 Å². The Bertz CT molecular complexity index is 483. The maximum atomic E-state index is 5.90. The van der Waals surface area contributed by atoms with E-state index in [0.29, 0.717) is 17.5 Å². The molecule has 90 valence electrons. The number of H-pyrrole nitrogens is 1. The molecule has 2 rings (SSSR count). The number of anilines is 1. The lowest BCUT2D eigenvalue weighted by atomic mass is 10.3. The molecule has 0 aliphatic carbocycles. The first-order valence-corrected chi connectivity index (χ1v) is 5.53. The number of unbranched alkanes of at least 4 members (excludes halogenated alkanes) is 1. The van der Waals surface area contributed by atoms with Gasteiger partial charge in [0.2, 0.25) is 5.95 Å². The van der Waals surface area contributed by atoms with Crippen LogP contribution in [0.15, 0.2) is 28.8 Å². The summed E-state index contributed by atoms with van der Waals surface area (Å²) in [7, 11) is 0. The third-order valence-corrected chi connectivity index (χ3v) is 2.32. The first-order valence-electron chi connectivity index (χ1n) is 5.53. The van der Waals surface area contributed by atoms with Gasteiger partial charge >= 0.3 is 0 Å². The van der Waals surface area contributed by atoms with Gasteiger partial charge in [0.25, 0.3) is 0 Å². The number of aromatic nitrogens is 4. The molecule has 0 radical (unpaired) electrons. The van der Waals surface area contributed by atoms with E-state index < -0.39 is 0 Å². The predicted octanol–water partition coefficient (Wildman–Crippen LogP) is 2.40. The number of imidazole rings is 1. The van der Waals surface area contributed by atoms with E-state index in [-0.39, 0.29) is 0 Å². The van der Waals surface area contributed by atoms with Gasteiger partial charge in [-0.1, -0.05) is 13.3 Å². The minimum absolute atomic E-state index is 0.450. The Morgan fingerprint density at radius 2 is 2.35 bits per heavy atom. The summed E-state index contributed by atoms with van der Waals surface area (Å²) < 4.78 is 1.74. The first kappa shape index (κ1) is 11.3. The van der Waals surface area contributed by atoms with E-state index in [1.165, 1.54) is 0 Å². The molecule has 0 aliphatic rings. The lowest BCUT2D eigenvalue weighted by molar-refractivity contribution is 0.579. The molecule has 0 bridgehead atoms. The molecule has 0 unspecified atom stereocenters. The second kappa shape index (κ2) is 5.24. The van der Waals surface area contributed by atoms with Gasteiger partial charge in [0, 0.05) is 18.9 Å². The van der Waals surface area contributed by atoms with Gasteiger partial charge in [-0.05, 0) is 6.42 Å². The number of rotatable bonds is 5. The van der Waals surface area contributed by atoms with Crippen molar-refractivity contribution in [2.75, 3.05) is 5.73 Å². The van der Waals surface area contributed by atoms with Gasteiger partial charge in [0.05, 0.1) is 6.20 Å². The van der Waals surface area contributed by atoms with E-state index >= 15 is 0 Å². The van der Waals surface area contributed by atoms with Crippen LogP contribution in [0.2, 0.25) is 0 Å². The van der Waals surface area contributed by atoms with Crippen LogP contribution in [0.25, 0.3) is 0 Å². The zero-order chi connectivity index (χ0) is 12.1. The van der Waals surface area contributed by atoms with Gasteiger partial charge in [-0.15, -0.1) is 10.2 Å². The van der Waals surface area contributed by atoms with Crippen molar-refractivity contribution in [3.8, 4) is 0 Å². The van der Waals surface area contributed by atoms with Crippen molar-refractivity contribution in [2.24, 2.45) is 10.2 Å². The molecule has 17 heavy (non-hydrogen) atoms. The number of nitrogens with one attached hydrogen (secondary N) is 1. The number of hydrogen-bond acceptors (Lipinski definition) is 5. The van der Waals surface area contributed by atoms with E-state index in [9.17, 15) is 0 Å². The molecule has 0 fully saturated rings. The summed E-state index contributed by atoms with van der Waals surface area (Å²) in [5.41, 5.74) is 6.47. The predicted molar refractivity (Wildman–Crippen MR) is 64.3 cm³/mol. The molecule has 0 spiro atoms. The summed E-state index contributed by atoms with van der Waals surface area (Å²) in [6.45, 7) is 2.93. The largest absolute Gasteiger partial charge is 0.382 e. The highest BCUT2D eigenvalue weighted by molar-refractivity contribution is 5.56. The van der Waals surface area contributed by atoms with Crippen molar-refractivity contribution in [3.05, 3.63) is 18.6 Å². The topological polar surface area (TPSA) is 97.2 Å². The summed E-state index contributed by atoms with van der Waals surface area (Å²) in [6.07, 6.45) is 7.05. The fourth-order valence-corrected chi connectivity index (χ4v) is 1.36. The van der Waals surface area contributed by atoms with E-state index in [4.69, 9.17) is 5.73 Å². The highest BCUT2D eigenvalue weighted by Crippen LogP contribution is 2.23. The Labute approximate surface area is 98.8 Å². The molecule has 7 heteroatoms. The lowest BCUT2D eigenvalue weighted by Crippen LogP contribution is -2.04. The normalized spacial score (nSPS) is 11.4.